The van der Waals surface area contributed by atoms with Crippen LogP contribution in [0.3, 0.4) is 0 Å². The van der Waals surface area contributed by atoms with Crippen molar-refractivity contribution < 1.29 is 14.3 Å². The molecule has 152 valence electrons. The van der Waals surface area contributed by atoms with Gasteiger partial charge in [-0.05, 0) is 75.6 Å². The van der Waals surface area contributed by atoms with E-state index in [0.29, 0.717) is 12.3 Å². The van der Waals surface area contributed by atoms with Crippen molar-refractivity contribution >= 4 is 17.7 Å². The Kier molecular flexibility index (Phi) is 6.73. The van der Waals surface area contributed by atoms with Crippen molar-refractivity contribution in [3.05, 3.63) is 52.9 Å². The molecule has 2 aromatic rings. The molecule has 29 heavy (non-hydrogen) atoms. The number of nitriles is 1. The van der Waals surface area contributed by atoms with Crippen molar-refractivity contribution in [3.63, 3.8) is 0 Å². The maximum Gasteiger partial charge on any atom is 0.266 e. The second-order valence-corrected chi connectivity index (χ2v) is 7.15. The van der Waals surface area contributed by atoms with Crippen LogP contribution >= 0.6 is 0 Å². The Labute approximate surface area is 171 Å². The van der Waals surface area contributed by atoms with Crippen LogP contribution in [-0.2, 0) is 16.1 Å². The Balaban J connectivity index is 1.75. The molecule has 0 spiro atoms. The molecule has 6 heteroatoms. The van der Waals surface area contributed by atoms with E-state index in [1.807, 2.05) is 32.9 Å². The third kappa shape index (κ3) is 5.07. The maximum atomic E-state index is 12.6. The highest BCUT2D eigenvalue weighted by Crippen LogP contribution is 2.23. The Morgan fingerprint density at radius 2 is 2.14 bits per heavy atom. The van der Waals surface area contributed by atoms with Gasteiger partial charge in [0.05, 0.1) is 12.7 Å². The van der Waals surface area contributed by atoms with Gasteiger partial charge in [-0.25, -0.2) is 0 Å². The standard InChI is InChI=1S/C23H27N3O3/c1-4-28-21-9-7-20(8-10-21)25-23(27)19(14-24)13-18-12-16(2)26(17(18)3)15-22-6-5-11-29-22/h7-10,12-13,22H,4-6,11,15H2,1-3H3,(H,25,27)/b19-13+/t22-/m1/s1. The van der Waals surface area contributed by atoms with Crippen LogP contribution in [0.15, 0.2) is 35.9 Å². The lowest BCUT2D eigenvalue weighted by molar-refractivity contribution is -0.112. The first-order valence-electron chi connectivity index (χ1n) is 9.96. The van der Waals surface area contributed by atoms with E-state index in [1.54, 1.807) is 30.3 Å². The highest BCUT2D eigenvalue weighted by molar-refractivity contribution is 6.09. The fraction of sp³-hybridized carbons (Fsp3) is 0.391. The number of nitrogens with zero attached hydrogens (tertiary/aromatic N) is 2. The van der Waals surface area contributed by atoms with E-state index >= 15 is 0 Å². The van der Waals surface area contributed by atoms with E-state index in [1.165, 1.54) is 0 Å². The molecule has 0 unspecified atom stereocenters. The van der Waals surface area contributed by atoms with Crippen molar-refractivity contribution in [1.29, 1.82) is 5.26 Å². The number of carbonyl (C=O) groups is 1. The third-order valence-electron chi connectivity index (χ3n) is 5.11. The minimum atomic E-state index is -0.430. The van der Waals surface area contributed by atoms with Gasteiger partial charge in [0.25, 0.3) is 5.91 Å². The number of aryl methyl sites for hydroxylation is 1. The van der Waals surface area contributed by atoms with Gasteiger partial charge in [-0.15, -0.1) is 0 Å². The molecular weight excluding hydrogens is 366 g/mol. The van der Waals surface area contributed by atoms with Crippen molar-refractivity contribution in [2.75, 3.05) is 18.5 Å². The topological polar surface area (TPSA) is 76.3 Å². The van der Waals surface area contributed by atoms with Gasteiger partial charge in [-0.1, -0.05) is 0 Å². The molecular formula is C23H27N3O3. The molecule has 0 saturated carbocycles. The molecule has 3 rings (SSSR count). The number of amides is 1. The zero-order chi connectivity index (χ0) is 20.8. The summed E-state index contributed by atoms with van der Waals surface area (Å²) in [6.45, 7) is 8.15. The van der Waals surface area contributed by atoms with E-state index in [2.05, 4.69) is 9.88 Å². The predicted octanol–water partition coefficient (Wildman–Crippen LogP) is 4.23. The number of nitrogens with one attached hydrogen (secondary N) is 1. The molecule has 0 aliphatic carbocycles. The highest BCUT2D eigenvalue weighted by atomic mass is 16.5. The van der Waals surface area contributed by atoms with E-state index < -0.39 is 5.91 Å². The van der Waals surface area contributed by atoms with Crippen LogP contribution in [0.2, 0.25) is 0 Å². The second-order valence-electron chi connectivity index (χ2n) is 7.15. The Bertz CT molecular complexity index is 930. The van der Waals surface area contributed by atoms with Gasteiger partial charge in [0.1, 0.15) is 17.4 Å². The Morgan fingerprint density at radius 1 is 1.38 bits per heavy atom. The molecule has 2 heterocycles. The lowest BCUT2D eigenvalue weighted by Crippen LogP contribution is -2.17. The summed E-state index contributed by atoms with van der Waals surface area (Å²) in [4.78, 5) is 12.6. The van der Waals surface area contributed by atoms with Crippen molar-refractivity contribution in [2.45, 2.75) is 46.3 Å². The van der Waals surface area contributed by atoms with Gasteiger partial charge in [-0.2, -0.15) is 5.26 Å². The summed E-state index contributed by atoms with van der Waals surface area (Å²) in [5.74, 6) is 0.306. The van der Waals surface area contributed by atoms with Crippen molar-refractivity contribution in [2.24, 2.45) is 0 Å². The monoisotopic (exact) mass is 393 g/mol. The fourth-order valence-corrected chi connectivity index (χ4v) is 3.55. The molecule has 1 amide bonds. The van der Waals surface area contributed by atoms with Crippen LogP contribution in [0.1, 0.15) is 36.7 Å². The number of anilines is 1. The molecule has 1 aliphatic rings. The normalized spacial score (nSPS) is 16.5. The molecule has 1 N–H and O–H groups in total. The summed E-state index contributed by atoms with van der Waals surface area (Å²) < 4.78 is 13.3. The Hall–Kier alpha value is -3.04. The fourth-order valence-electron chi connectivity index (χ4n) is 3.55. The number of aromatic nitrogens is 1. The van der Waals surface area contributed by atoms with E-state index in [4.69, 9.17) is 9.47 Å². The number of carbonyl (C=O) groups excluding carboxylic acids is 1. The quantitative estimate of drug-likeness (QED) is 0.564. The average Bonchev–Trinajstić information content (AvgIpc) is 3.31. The molecule has 1 atom stereocenters. The van der Waals surface area contributed by atoms with E-state index in [-0.39, 0.29) is 11.7 Å². The van der Waals surface area contributed by atoms with Crippen LogP contribution < -0.4 is 10.1 Å². The average molecular weight is 393 g/mol. The number of ether oxygens (including phenoxy) is 2. The minimum absolute atomic E-state index is 0.0660. The lowest BCUT2D eigenvalue weighted by Gasteiger charge is -2.14. The molecule has 0 bridgehead atoms. The van der Waals surface area contributed by atoms with Gasteiger partial charge in [0, 0.05) is 30.2 Å². The number of hydrogen-bond acceptors (Lipinski definition) is 4. The molecule has 1 saturated heterocycles. The first-order chi connectivity index (χ1) is 14.0. The van der Waals surface area contributed by atoms with Crippen LogP contribution in [0.4, 0.5) is 5.69 Å². The van der Waals surface area contributed by atoms with Crippen LogP contribution in [0.5, 0.6) is 5.75 Å². The number of hydrogen-bond donors (Lipinski definition) is 1. The molecule has 1 aromatic heterocycles. The van der Waals surface area contributed by atoms with Crippen LogP contribution in [0, 0.1) is 25.2 Å². The summed E-state index contributed by atoms with van der Waals surface area (Å²) in [5, 5.41) is 12.3. The summed E-state index contributed by atoms with van der Waals surface area (Å²) in [6, 6.07) is 11.1. The molecule has 1 aromatic carbocycles. The van der Waals surface area contributed by atoms with Gasteiger partial charge >= 0.3 is 0 Å². The second kappa shape index (κ2) is 9.44. The van der Waals surface area contributed by atoms with Crippen LogP contribution in [0.25, 0.3) is 6.08 Å². The molecule has 0 radical (unpaired) electrons. The summed E-state index contributed by atoms with van der Waals surface area (Å²) in [6.07, 6.45) is 4.05. The summed E-state index contributed by atoms with van der Waals surface area (Å²) in [7, 11) is 0. The van der Waals surface area contributed by atoms with Crippen molar-refractivity contribution in [3.8, 4) is 11.8 Å². The van der Waals surface area contributed by atoms with Gasteiger partial charge in [0.15, 0.2) is 0 Å². The summed E-state index contributed by atoms with van der Waals surface area (Å²) >= 11 is 0. The zero-order valence-corrected chi connectivity index (χ0v) is 17.2. The van der Waals surface area contributed by atoms with E-state index in [0.717, 1.165) is 48.7 Å². The largest absolute Gasteiger partial charge is 0.494 e. The first kappa shape index (κ1) is 20.7. The van der Waals surface area contributed by atoms with Crippen LogP contribution in [-0.4, -0.2) is 29.8 Å². The maximum absolute atomic E-state index is 12.6. The zero-order valence-electron chi connectivity index (χ0n) is 17.2. The minimum Gasteiger partial charge on any atom is -0.494 e. The highest BCUT2D eigenvalue weighted by Gasteiger charge is 2.19. The predicted molar refractivity (Wildman–Crippen MR) is 113 cm³/mol. The van der Waals surface area contributed by atoms with Gasteiger partial charge < -0.3 is 19.4 Å². The van der Waals surface area contributed by atoms with Gasteiger partial charge in [0.2, 0.25) is 0 Å². The van der Waals surface area contributed by atoms with E-state index in [9.17, 15) is 10.1 Å². The van der Waals surface area contributed by atoms with Crippen molar-refractivity contribution in [1.82, 2.24) is 4.57 Å². The summed E-state index contributed by atoms with van der Waals surface area (Å²) in [5.41, 5.74) is 3.67. The SMILES string of the molecule is CCOc1ccc(NC(=O)/C(C#N)=C/c2cc(C)n(C[C@H]3CCCO3)c2C)cc1. The smallest absolute Gasteiger partial charge is 0.266 e. The number of rotatable bonds is 7. The molecule has 1 fully saturated rings. The number of benzene rings is 1. The lowest BCUT2D eigenvalue weighted by atomic mass is 10.1. The first-order valence-corrected chi connectivity index (χ1v) is 9.96. The third-order valence-corrected chi connectivity index (χ3v) is 5.11. The molecule has 6 nitrogen and oxygen atoms in total. The molecule has 1 aliphatic heterocycles. The van der Waals surface area contributed by atoms with Gasteiger partial charge in [-0.3, -0.25) is 4.79 Å². The Morgan fingerprint density at radius 3 is 2.76 bits per heavy atom.